The molecule has 1 aromatic carbocycles. The Bertz CT molecular complexity index is 507. The van der Waals surface area contributed by atoms with Gasteiger partial charge in [-0.25, -0.2) is 13.6 Å². The zero-order chi connectivity index (χ0) is 13.8. The van der Waals surface area contributed by atoms with Gasteiger partial charge < -0.3 is 5.32 Å². The normalized spacial score (nSPS) is 11.8. The number of hydrogen-bond acceptors (Lipinski definition) is 4. The second kappa shape index (κ2) is 6.08. The zero-order valence-corrected chi connectivity index (χ0v) is 11.3. The number of ketones is 1. The summed E-state index contributed by atoms with van der Waals surface area (Å²) in [6.07, 6.45) is 0. The Morgan fingerprint density at radius 1 is 1.28 bits per heavy atom. The zero-order valence-electron chi connectivity index (χ0n) is 10.5. The lowest BCUT2D eigenvalue weighted by molar-refractivity contribution is 0.0988. The number of carbonyl (C=O) groups excluding carboxylic acids is 1. The van der Waals surface area contributed by atoms with Crippen LogP contribution in [-0.2, 0) is 15.8 Å². The van der Waals surface area contributed by atoms with E-state index in [2.05, 4.69) is 5.32 Å². The number of nitrogens with one attached hydrogen (secondary N) is 1. The Morgan fingerprint density at radius 2 is 1.83 bits per heavy atom. The number of hydrogen-bond donors (Lipinski definition) is 2. The summed E-state index contributed by atoms with van der Waals surface area (Å²) in [4.78, 5) is 11.7. The van der Waals surface area contributed by atoms with Crippen molar-refractivity contribution in [3.63, 3.8) is 0 Å². The summed E-state index contributed by atoms with van der Waals surface area (Å²) < 4.78 is 21.8. The van der Waals surface area contributed by atoms with Crippen LogP contribution in [0.5, 0.6) is 0 Å². The van der Waals surface area contributed by atoms with Crippen LogP contribution in [0.15, 0.2) is 24.3 Å². The topological polar surface area (TPSA) is 89.3 Å². The van der Waals surface area contributed by atoms with Crippen LogP contribution in [0.3, 0.4) is 0 Å². The van der Waals surface area contributed by atoms with Crippen LogP contribution in [0.25, 0.3) is 0 Å². The Morgan fingerprint density at radius 3 is 2.28 bits per heavy atom. The molecule has 100 valence electrons. The van der Waals surface area contributed by atoms with E-state index in [-0.39, 0.29) is 24.1 Å². The Labute approximate surface area is 107 Å². The number of rotatable bonds is 6. The van der Waals surface area contributed by atoms with E-state index in [0.717, 1.165) is 0 Å². The summed E-state index contributed by atoms with van der Waals surface area (Å²) in [5.74, 6) is -0.239. The minimum absolute atomic E-state index is 0.0224. The summed E-state index contributed by atoms with van der Waals surface area (Å²) in [5, 5.41) is 7.97. The molecule has 0 bridgehead atoms. The average molecular weight is 270 g/mol. The van der Waals surface area contributed by atoms with Crippen molar-refractivity contribution in [2.75, 3.05) is 6.54 Å². The lowest BCUT2D eigenvalue weighted by Gasteiger charge is -2.07. The highest BCUT2D eigenvalue weighted by Crippen LogP contribution is 2.07. The van der Waals surface area contributed by atoms with Crippen LogP contribution >= 0.6 is 0 Å². The highest BCUT2D eigenvalue weighted by atomic mass is 32.2. The minimum atomic E-state index is -3.53. The van der Waals surface area contributed by atoms with Gasteiger partial charge in [0, 0.05) is 11.6 Å². The molecule has 1 rings (SSSR count). The molecule has 1 aromatic rings. The molecule has 18 heavy (non-hydrogen) atoms. The van der Waals surface area contributed by atoms with Crippen molar-refractivity contribution in [3.05, 3.63) is 35.4 Å². The number of primary sulfonamides is 1. The van der Waals surface area contributed by atoms with Gasteiger partial charge in [0.2, 0.25) is 10.0 Å². The van der Waals surface area contributed by atoms with Gasteiger partial charge >= 0.3 is 0 Å². The highest BCUT2D eigenvalue weighted by molar-refractivity contribution is 7.88. The van der Waals surface area contributed by atoms with E-state index < -0.39 is 10.0 Å². The van der Waals surface area contributed by atoms with E-state index in [9.17, 15) is 13.2 Å². The first-order valence-corrected chi connectivity index (χ1v) is 7.35. The van der Waals surface area contributed by atoms with Crippen molar-refractivity contribution >= 4 is 15.8 Å². The number of sulfonamides is 1. The monoisotopic (exact) mass is 270 g/mol. The van der Waals surface area contributed by atoms with Crippen LogP contribution in [-0.4, -0.2) is 26.8 Å². The summed E-state index contributed by atoms with van der Waals surface area (Å²) >= 11 is 0. The second-order valence-electron chi connectivity index (χ2n) is 4.46. The molecule has 0 saturated carbocycles. The van der Waals surface area contributed by atoms with Gasteiger partial charge in [-0.05, 0) is 5.56 Å². The Balaban J connectivity index is 2.68. The predicted octanol–water partition coefficient (Wildman–Crippen LogP) is 0.656. The van der Waals surface area contributed by atoms with Gasteiger partial charge in [-0.3, -0.25) is 4.79 Å². The third kappa shape index (κ3) is 5.39. The van der Waals surface area contributed by atoms with Gasteiger partial charge in [0.15, 0.2) is 5.78 Å². The number of carbonyl (C=O) groups is 1. The molecule has 0 fully saturated rings. The van der Waals surface area contributed by atoms with Crippen molar-refractivity contribution in [3.8, 4) is 0 Å². The molecule has 0 heterocycles. The highest BCUT2D eigenvalue weighted by Gasteiger charge is 2.08. The average Bonchev–Trinajstić information content (AvgIpc) is 2.24. The first-order chi connectivity index (χ1) is 8.28. The van der Waals surface area contributed by atoms with Crippen LogP contribution in [0.1, 0.15) is 29.8 Å². The molecule has 0 unspecified atom stereocenters. The Kier molecular flexibility index (Phi) is 5.01. The molecule has 0 aliphatic heterocycles. The largest absolute Gasteiger partial charge is 0.307 e. The molecule has 0 radical (unpaired) electrons. The first-order valence-electron chi connectivity index (χ1n) is 5.64. The van der Waals surface area contributed by atoms with Crippen molar-refractivity contribution in [1.29, 1.82) is 0 Å². The summed E-state index contributed by atoms with van der Waals surface area (Å²) in [7, 11) is -3.53. The molecule has 0 aromatic heterocycles. The van der Waals surface area contributed by atoms with Crippen LogP contribution in [0.4, 0.5) is 0 Å². The van der Waals surface area contributed by atoms with E-state index in [1.54, 1.807) is 24.3 Å². The van der Waals surface area contributed by atoms with Crippen LogP contribution in [0, 0.1) is 0 Å². The van der Waals surface area contributed by atoms with Gasteiger partial charge in [0.05, 0.1) is 12.3 Å². The molecule has 0 atom stereocenters. The Hall–Kier alpha value is -1.24. The summed E-state index contributed by atoms with van der Waals surface area (Å²) in [6.45, 7) is 4.19. The molecule has 3 N–H and O–H groups in total. The molecular weight excluding hydrogens is 252 g/mol. The molecule has 0 aliphatic carbocycles. The second-order valence-corrected chi connectivity index (χ2v) is 6.08. The maximum absolute atomic E-state index is 11.7. The third-order valence-electron chi connectivity index (χ3n) is 2.31. The maximum Gasteiger partial charge on any atom is 0.213 e. The molecule has 0 saturated heterocycles. The van der Waals surface area contributed by atoms with E-state index in [1.165, 1.54) is 0 Å². The van der Waals surface area contributed by atoms with Crippen molar-refractivity contribution in [2.24, 2.45) is 5.14 Å². The lowest BCUT2D eigenvalue weighted by Crippen LogP contribution is -2.29. The van der Waals surface area contributed by atoms with Crippen LogP contribution < -0.4 is 10.5 Å². The molecule has 0 aliphatic rings. The van der Waals surface area contributed by atoms with E-state index in [1.807, 2.05) is 13.8 Å². The fraction of sp³-hybridized carbons (Fsp3) is 0.417. The first kappa shape index (κ1) is 14.8. The molecule has 0 spiro atoms. The molecular formula is C12H18N2O3S. The van der Waals surface area contributed by atoms with Gasteiger partial charge in [0.1, 0.15) is 0 Å². The lowest BCUT2D eigenvalue weighted by atomic mass is 10.1. The van der Waals surface area contributed by atoms with Gasteiger partial charge in [-0.1, -0.05) is 38.1 Å². The maximum atomic E-state index is 11.7. The van der Waals surface area contributed by atoms with Gasteiger partial charge in [-0.2, -0.15) is 0 Å². The third-order valence-corrected chi connectivity index (χ3v) is 3.05. The number of Topliss-reactive ketones (excluding diaryl/α,β-unsaturated/α-hetero) is 1. The fourth-order valence-corrected chi connectivity index (χ4v) is 2.08. The van der Waals surface area contributed by atoms with Crippen LogP contribution in [0.2, 0.25) is 0 Å². The van der Waals surface area contributed by atoms with E-state index >= 15 is 0 Å². The molecule has 6 heteroatoms. The quantitative estimate of drug-likeness (QED) is 0.743. The predicted molar refractivity (Wildman–Crippen MR) is 70.7 cm³/mol. The molecule has 5 nitrogen and oxygen atoms in total. The minimum Gasteiger partial charge on any atom is -0.307 e. The van der Waals surface area contributed by atoms with Gasteiger partial charge in [-0.15, -0.1) is 0 Å². The summed E-state index contributed by atoms with van der Waals surface area (Å²) in [6, 6.07) is 6.69. The standard InChI is InChI=1S/C12H18N2O3S/c1-9(2)14-7-12(15)11-5-3-10(4-6-11)8-18(13,16)17/h3-6,9,14H,7-8H2,1-2H3,(H2,13,16,17). The summed E-state index contributed by atoms with van der Waals surface area (Å²) in [5.41, 5.74) is 1.13. The number of nitrogens with two attached hydrogens (primary N) is 1. The van der Waals surface area contributed by atoms with Crippen molar-refractivity contribution in [1.82, 2.24) is 5.32 Å². The van der Waals surface area contributed by atoms with Crippen molar-refractivity contribution in [2.45, 2.75) is 25.6 Å². The van der Waals surface area contributed by atoms with E-state index in [0.29, 0.717) is 11.1 Å². The molecule has 0 amide bonds. The smallest absolute Gasteiger partial charge is 0.213 e. The van der Waals surface area contributed by atoms with Gasteiger partial charge in [0.25, 0.3) is 0 Å². The SMILES string of the molecule is CC(C)NCC(=O)c1ccc(CS(N)(=O)=O)cc1. The number of benzene rings is 1. The van der Waals surface area contributed by atoms with Crippen molar-refractivity contribution < 1.29 is 13.2 Å². The van der Waals surface area contributed by atoms with E-state index in [4.69, 9.17) is 5.14 Å². The fourth-order valence-electron chi connectivity index (χ4n) is 1.42.